The lowest BCUT2D eigenvalue weighted by molar-refractivity contribution is -0.131. The molecule has 0 radical (unpaired) electrons. The van der Waals surface area contributed by atoms with Crippen LogP contribution < -0.4 is 10.1 Å². The van der Waals surface area contributed by atoms with Gasteiger partial charge in [-0.1, -0.05) is 12.1 Å². The largest absolute Gasteiger partial charge is 0.496 e. The van der Waals surface area contributed by atoms with Gasteiger partial charge in [0.15, 0.2) is 0 Å². The van der Waals surface area contributed by atoms with Gasteiger partial charge in [-0.25, -0.2) is 4.79 Å². The van der Waals surface area contributed by atoms with Crippen LogP contribution in [0.5, 0.6) is 5.75 Å². The zero-order valence-corrected chi connectivity index (χ0v) is 14.1. The molecule has 0 bridgehead atoms. The average Bonchev–Trinajstić information content (AvgIpc) is 2.49. The number of nitrogens with zero attached hydrogens (tertiary/aromatic N) is 1. The molecule has 1 aromatic carbocycles. The second-order valence-corrected chi connectivity index (χ2v) is 6.52. The maximum atomic E-state index is 12.3. The summed E-state index contributed by atoms with van der Waals surface area (Å²) in [5.41, 5.74) is 1.66. The van der Waals surface area contributed by atoms with Crippen molar-refractivity contribution in [3.63, 3.8) is 0 Å². The van der Waals surface area contributed by atoms with Crippen LogP contribution in [0, 0.1) is 0 Å². The zero-order chi connectivity index (χ0) is 17.0. The maximum absolute atomic E-state index is 12.3. The molecule has 0 spiro atoms. The van der Waals surface area contributed by atoms with E-state index in [1.54, 1.807) is 32.8 Å². The number of rotatable bonds is 3. The molecule has 1 aliphatic rings. The van der Waals surface area contributed by atoms with Gasteiger partial charge < -0.3 is 19.7 Å². The first kappa shape index (κ1) is 17.1. The number of methoxy groups -OCH3 is 1. The van der Waals surface area contributed by atoms with Gasteiger partial charge >= 0.3 is 6.09 Å². The summed E-state index contributed by atoms with van der Waals surface area (Å²) in [5.74, 6) is 0.660. The van der Waals surface area contributed by atoms with Crippen molar-refractivity contribution in [3.05, 3.63) is 29.3 Å². The minimum Gasteiger partial charge on any atom is -0.496 e. The summed E-state index contributed by atoms with van der Waals surface area (Å²) < 4.78 is 10.5. The van der Waals surface area contributed by atoms with Gasteiger partial charge in [0.1, 0.15) is 17.9 Å². The number of ether oxygens (including phenoxy) is 2. The quantitative estimate of drug-likeness (QED) is 0.926. The first-order valence-corrected chi connectivity index (χ1v) is 7.69. The van der Waals surface area contributed by atoms with Crippen LogP contribution in [0.15, 0.2) is 18.2 Å². The number of hydrogen-bond acceptors (Lipinski definition) is 4. The van der Waals surface area contributed by atoms with Crippen molar-refractivity contribution in [2.45, 2.75) is 39.3 Å². The van der Waals surface area contributed by atoms with Crippen LogP contribution >= 0.6 is 0 Å². The lowest BCUT2D eigenvalue weighted by atomic mass is 9.99. The number of amides is 2. The summed E-state index contributed by atoms with van der Waals surface area (Å²) in [6.45, 7) is 6.40. The number of fused-ring (bicyclic) bond motifs is 1. The normalized spacial score (nSPS) is 14.0. The SMILES string of the molecule is COc1cccc2c1CN(C(=O)CNC(=O)OC(C)(C)C)CC2. The van der Waals surface area contributed by atoms with E-state index in [0.29, 0.717) is 13.1 Å². The molecule has 0 aliphatic carbocycles. The number of benzene rings is 1. The number of hydrogen-bond donors (Lipinski definition) is 1. The number of nitrogens with one attached hydrogen (secondary N) is 1. The van der Waals surface area contributed by atoms with Crippen molar-refractivity contribution >= 4 is 12.0 Å². The van der Waals surface area contributed by atoms with Crippen LogP contribution in [0.1, 0.15) is 31.9 Å². The monoisotopic (exact) mass is 320 g/mol. The Morgan fingerprint density at radius 3 is 2.70 bits per heavy atom. The minimum absolute atomic E-state index is 0.0700. The van der Waals surface area contributed by atoms with Gasteiger partial charge in [0.2, 0.25) is 5.91 Å². The Bertz CT molecular complexity index is 578. The summed E-state index contributed by atoms with van der Waals surface area (Å²) in [7, 11) is 1.63. The van der Waals surface area contributed by atoms with E-state index in [1.807, 2.05) is 12.1 Å². The fourth-order valence-corrected chi connectivity index (χ4v) is 2.53. The van der Waals surface area contributed by atoms with Crippen LogP contribution in [0.4, 0.5) is 4.79 Å². The predicted molar refractivity (Wildman–Crippen MR) is 86.4 cm³/mol. The number of carbonyl (C=O) groups excluding carboxylic acids is 2. The van der Waals surface area contributed by atoms with Crippen molar-refractivity contribution < 1.29 is 19.1 Å². The molecule has 0 saturated carbocycles. The highest BCUT2D eigenvalue weighted by atomic mass is 16.6. The molecular formula is C17H24N2O4. The highest BCUT2D eigenvalue weighted by molar-refractivity contribution is 5.82. The van der Waals surface area contributed by atoms with Gasteiger partial charge in [-0.3, -0.25) is 4.79 Å². The van der Waals surface area contributed by atoms with E-state index in [-0.39, 0.29) is 12.5 Å². The fraction of sp³-hybridized carbons (Fsp3) is 0.529. The van der Waals surface area contributed by atoms with Crippen molar-refractivity contribution in [2.75, 3.05) is 20.2 Å². The van der Waals surface area contributed by atoms with E-state index in [4.69, 9.17) is 9.47 Å². The van der Waals surface area contributed by atoms with Gasteiger partial charge in [0, 0.05) is 18.7 Å². The molecule has 0 fully saturated rings. The third-order valence-corrected chi connectivity index (χ3v) is 3.59. The third kappa shape index (κ3) is 4.61. The standard InChI is InChI=1S/C17H24N2O4/c1-17(2,3)23-16(21)18-10-15(20)19-9-8-12-6-5-7-14(22-4)13(12)11-19/h5-7H,8-11H2,1-4H3,(H,18,21). The smallest absolute Gasteiger partial charge is 0.408 e. The van der Waals surface area contributed by atoms with Gasteiger partial charge in [-0.05, 0) is 38.8 Å². The van der Waals surface area contributed by atoms with E-state index in [2.05, 4.69) is 11.4 Å². The van der Waals surface area contributed by atoms with Crippen LogP contribution in [-0.2, 0) is 22.5 Å². The van der Waals surface area contributed by atoms with Crippen LogP contribution in [0.25, 0.3) is 0 Å². The Morgan fingerprint density at radius 2 is 2.04 bits per heavy atom. The average molecular weight is 320 g/mol. The molecule has 1 aliphatic heterocycles. The first-order chi connectivity index (χ1) is 10.8. The van der Waals surface area contributed by atoms with Crippen LogP contribution in [-0.4, -0.2) is 42.7 Å². The summed E-state index contributed by atoms with van der Waals surface area (Å²) in [6.07, 6.45) is 0.200. The lowest BCUT2D eigenvalue weighted by Crippen LogP contribution is -2.43. The molecule has 6 nitrogen and oxygen atoms in total. The Kier molecular flexibility index (Phi) is 5.13. The fourth-order valence-electron chi connectivity index (χ4n) is 2.53. The first-order valence-electron chi connectivity index (χ1n) is 7.69. The molecule has 126 valence electrons. The third-order valence-electron chi connectivity index (χ3n) is 3.59. The Labute approximate surface area is 136 Å². The van der Waals surface area contributed by atoms with Crippen LogP contribution in [0.2, 0.25) is 0 Å². The molecule has 0 saturated heterocycles. The molecule has 0 aromatic heterocycles. The number of carbonyl (C=O) groups is 2. The molecule has 0 atom stereocenters. The Hall–Kier alpha value is -2.24. The van der Waals surface area contributed by atoms with E-state index >= 15 is 0 Å². The van der Waals surface area contributed by atoms with Gasteiger partial charge in [0.25, 0.3) is 0 Å². The van der Waals surface area contributed by atoms with Crippen molar-refractivity contribution in [3.8, 4) is 5.75 Å². The summed E-state index contributed by atoms with van der Waals surface area (Å²) in [5, 5.41) is 2.51. The second-order valence-electron chi connectivity index (χ2n) is 6.52. The molecular weight excluding hydrogens is 296 g/mol. The summed E-state index contributed by atoms with van der Waals surface area (Å²) in [6, 6.07) is 5.91. The predicted octanol–water partition coefficient (Wildman–Crippen LogP) is 2.10. The number of alkyl carbamates (subject to hydrolysis) is 1. The molecule has 2 rings (SSSR count). The van der Waals surface area contributed by atoms with E-state index in [0.717, 1.165) is 17.7 Å². The van der Waals surface area contributed by atoms with Crippen molar-refractivity contribution in [2.24, 2.45) is 0 Å². The summed E-state index contributed by atoms with van der Waals surface area (Å²) in [4.78, 5) is 25.6. The van der Waals surface area contributed by atoms with Crippen LogP contribution in [0.3, 0.4) is 0 Å². The second kappa shape index (κ2) is 6.89. The van der Waals surface area contributed by atoms with Crippen molar-refractivity contribution in [1.29, 1.82) is 0 Å². The highest BCUT2D eigenvalue weighted by Crippen LogP contribution is 2.27. The van der Waals surface area contributed by atoms with Gasteiger partial charge in [-0.2, -0.15) is 0 Å². The van der Waals surface area contributed by atoms with E-state index in [9.17, 15) is 9.59 Å². The Morgan fingerprint density at radius 1 is 1.30 bits per heavy atom. The van der Waals surface area contributed by atoms with Gasteiger partial charge in [0.05, 0.1) is 7.11 Å². The minimum atomic E-state index is -0.583. The lowest BCUT2D eigenvalue weighted by Gasteiger charge is -2.30. The van der Waals surface area contributed by atoms with E-state index < -0.39 is 11.7 Å². The molecule has 23 heavy (non-hydrogen) atoms. The molecule has 1 N–H and O–H groups in total. The molecule has 6 heteroatoms. The molecule has 1 aromatic rings. The zero-order valence-electron chi connectivity index (χ0n) is 14.1. The van der Waals surface area contributed by atoms with Gasteiger partial charge in [-0.15, -0.1) is 0 Å². The highest BCUT2D eigenvalue weighted by Gasteiger charge is 2.24. The molecule has 1 heterocycles. The van der Waals surface area contributed by atoms with Crippen molar-refractivity contribution in [1.82, 2.24) is 10.2 Å². The Balaban J connectivity index is 1.93. The molecule has 0 unspecified atom stereocenters. The summed E-state index contributed by atoms with van der Waals surface area (Å²) >= 11 is 0. The van der Waals surface area contributed by atoms with E-state index in [1.165, 1.54) is 5.56 Å². The maximum Gasteiger partial charge on any atom is 0.408 e. The molecule has 2 amide bonds. The topological polar surface area (TPSA) is 67.9 Å².